The molecule has 0 spiro atoms. The standard InChI is InChI=1S/C15H18BrN3O3/c1-20-12-7-9(16)6-11(15-18-13(8-17)22-19-15)14(12)21-10-4-2-3-5-10/h6-7,10H,2-5,8,17H2,1H3. The van der Waals surface area contributed by atoms with Crippen molar-refractivity contribution in [2.24, 2.45) is 5.73 Å². The third kappa shape index (κ3) is 3.10. The van der Waals surface area contributed by atoms with Crippen molar-refractivity contribution in [1.29, 1.82) is 0 Å². The van der Waals surface area contributed by atoms with Crippen LogP contribution in [0.4, 0.5) is 0 Å². The second-order valence-electron chi connectivity index (χ2n) is 5.22. The third-order valence-corrected chi connectivity index (χ3v) is 4.17. The molecule has 1 aliphatic rings. The fourth-order valence-electron chi connectivity index (χ4n) is 2.63. The molecule has 1 fully saturated rings. The maximum absolute atomic E-state index is 6.18. The molecule has 1 heterocycles. The Morgan fingerprint density at radius 2 is 2.14 bits per heavy atom. The second-order valence-corrected chi connectivity index (χ2v) is 6.14. The van der Waals surface area contributed by atoms with Crippen LogP contribution in [0.1, 0.15) is 31.6 Å². The van der Waals surface area contributed by atoms with Crippen molar-refractivity contribution in [2.75, 3.05) is 7.11 Å². The van der Waals surface area contributed by atoms with Crippen molar-refractivity contribution in [3.8, 4) is 22.9 Å². The number of aromatic nitrogens is 2. The average Bonchev–Trinajstić information content (AvgIpc) is 3.19. The van der Waals surface area contributed by atoms with Gasteiger partial charge in [-0.15, -0.1) is 0 Å². The van der Waals surface area contributed by atoms with Gasteiger partial charge in [0.25, 0.3) is 0 Å². The minimum absolute atomic E-state index is 0.203. The van der Waals surface area contributed by atoms with E-state index in [1.807, 2.05) is 12.1 Å². The molecule has 118 valence electrons. The van der Waals surface area contributed by atoms with E-state index in [2.05, 4.69) is 26.1 Å². The molecule has 0 aliphatic heterocycles. The van der Waals surface area contributed by atoms with Gasteiger partial charge in [0, 0.05) is 4.47 Å². The van der Waals surface area contributed by atoms with E-state index in [9.17, 15) is 0 Å². The van der Waals surface area contributed by atoms with E-state index < -0.39 is 0 Å². The molecule has 1 aromatic carbocycles. The zero-order valence-electron chi connectivity index (χ0n) is 12.3. The first-order valence-corrected chi connectivity index (χ1v) is 8.07. The largest absolute Gasteiger partial charge is 0.493 e. The summed E-state index contributed by atoms with van der Waals surface area (Å²) < 4.78 is 17.6. The molecule has 2 aromatic rings. The molecule has 0 bridgehead atoms. The summed E-state index contributed by atoms with van der Waals surface area (Å²) in [5.74, 6) is 2.14. The Morgan fingerprint density at radius 3 is 2.77 bits per heavy atom. The molecule has 0 radical (unpaired) electrons. The molecule has 3 rings (SSSR count). The molecule has 0 unspecified atom stereocenters. The summed E-state index contributed by atoms with van der Waals surface area (Å²) in [6, 6.07) is 3.77. The van der Waals surface area contributed by atoms with Gasteiger partial charge in [-0.25, -0.2) is 0 Å². The van der Waals surface area contributed by atoms with Gasteiger partial charge in [0.2, 0.25) is 11.7 Å². The maximum Gasteiger partial charge on any atom is 0.240 e. The summed E-state index contributed by atoms with van der Waals surface area (Å²) >= 11 is 3.48. The number of hydrogen-bond donors (Lipinski definition) is 1. The molecule has 1 aliphatic carbocycles. The molecule has 7 heteroatoms. The Hall–Kier alpha value is -1.60. The van der Waals surface area contributed by atoms with Crippen molar-refractivity contribution >= 4 is 15.9 Å². The fourth-order valence-corrected chi connectivity index (χ4v) is 3.06. The highest BCUT2D eigenvalue weighted by molar-refractivity contribution is 9.10. The lowest BCUT2D eigenvalue weighted by Crippen LogP contribution is -2.12. The van der Waals surface area contributed by atoms with Crippen LogP contribution in [-0.4, -0.2) is 23.4 Å². The molecule has 2 N–H and O–H groups in total. The predicted octanol–water partition coefficient (Wildman–Crippen LogP) is 3.29. The predicted molar refractivity (Wildman–Crippen MR) is 84.8 cm³/mol. The van der Waals surface area contributed by atoms with E-state index in [-0.39, 0.29) is 12.6 Å². The molecule has 0 amide bonds. The SMILES string of the molecule is COc1cc(Br)cc(-c2noc(CN)n2)c1OC1CCCC1. The van der Waals surface area contributed by atoms with Gasteiger partial charge in [-0.1, -0.05) is 21.1 Å². The molecule has 1 aromatic heterocycles. The van der Waals surface area contributed by atoms with Crippen molar-refractivity contribution in [3.63, 3.8) is 0 Å². The van der Waals surface area contributed by atoms with Gasteiger partial charge >= 0.3 is 0 Å². The van der Waals surface area contributed by atoms with Crippen LogP contribution >= 0.6 is 15.9 Å². The minimum Gasteiger partial charge on any atom is -0.493 e. The molecular formula is C15H18BrN3O3. The summed E-state index contributed by atoms with van der Waals surface area (Å²) in [5.41, 5.74) is 6.27. The van der Waals surface area contributed by atoms with E-state index in [0.717, 1.165) is 22.9 Å². The van der Waals surface area contributed by atoms with Crippen LogP contribution in [0.5, 0.6) is 11.5 Å². The van der Waals surface area contributed by atoms with Gasteiger partial charge in [0.05, 0.1) is 25.3 Å². The van der Waals surface area contributed by atoms with Crippen molar-refractivity contribution in [1.82, 2.24) is 10.1 Å². The highest BCUT2D eigenvalue weighted by Crippen LogP contribution is 2.41. The highest BCUT2D eigenvalue weighted by Gasteiger charge is 2.24. The molecular weight excluding hydrogens is 350 g/mol. The first kappa shape index (κ1) is 15.3. The summed E-state index contributed by atoms with van der Waals surface area (Å²) in [6.45, 7) is 0.205. The first-order chi connectivity index (χ1) is 10.7. The number of hydrogen-bond acceptors (Lipinski definition) is 6. The summed E-state index contributed by atoms with van der Waals surface area (Å²) in [6.07, 6.45) is 4.70. The Kier molecular flexibility index (Phi) is 4.63. The minimum atomic E-state index is 0.203. The number of halogens is 1. The molecule has 0 saturated heterocycles. The van der Waals surface area contributed by atoms with Crippen molar-refractivity contribution < 1.29 is 14.0 Å². The number of methoxy groups -OCH3 is 1. The van der Waals surface area contributed by atoms with Crippen LogP contribution in [0.3, 0.4) is 0 Å². The van der Waals surface area contributed by atoms with Crippen LogP contribution in [0.25, 0.3) is 11.4 Å². The monoisotopic (exact) mass is 367 g/mol. The number of ether oxygens (including phenoxy) is 2. The fraction of sp³-hybridized carbons (Fsp3) is 0.467. The van der Waals surface area contributed by atoms with Crippen LogP contribution in [0.2, 0.25) is 0 Å². The van der Waals surface area contributed by atoms with Crippen LogP contribution < -0.4 is 15.2 Å². The van der Waals surface area contributed by atoms with E-state index in [0.29, 0.717) is 23.2 Å². The van der Waals surface area contributed by atoms with Crippen molar-refractivity contribution in [2.45, 2.75) is 38.3 Å². The highest BCUT2D eigenvalue weighted by atomic mass is 79.9. The van der Waals surface area contributed by atoms with Gasteiger partial charge in [-0.3, -0.25) is 0 Å². The molecule has 22 heavy (non-hydrogen) atoms. The van der Waals surface area contributed by atoms with Crippen LogP contribution in [0, 0.1) is 0 Å². The lowest BCUT2D eigenvalue weighted by Gasteiger charge is -2.18. The smallest absolute Gasteiger partial charge is 0.240 e. The molecule has 0 atom stereocenters. The first-order valence-electron chi connectivity index (χ1n) is 7.28. The second kappa shape index (κ2) is 6.66. The lowest BCUT2D eigenvalue weighted by atomic mass is 10.1. The summed E-state index contributed by atoms with van der Waals surface area (Å²) in [5, 5.41) is 3.99. The third-order valence-electron chi connectivity index (χ3n) is 3.71. The van der Waals surface area contributed by atoms with Crippen LogP contribution in [0.15, 0.2) is 21.1 Å². The Morgan fingerprint density at radius 1 is 1.36 bits per heavy atom. The Balaban J connectivity index is 2.03. The van der Waals surface area contributed by atoms with Crippen LogP contribution in [-0.2, 0) is 6.54 Å². The normalized spacial score (nSPS) is 15.2. The number of rotatable bonds is 5. The van der Waals surface area contributed by atoms with Gasteiger partial charge in [0.15, 0.2) is 11.5 Å². The lowest BCUT2D eigenvalue weighted by molar-refractivity contribution is 0.201. The quantitative estimate of drug-likeness (QED) is 0.872. The topological polar surface area (TPSA) is 83.4 Å². The van der Waals surface area contributed by atoms with E-state index >= 15 is 0 Å². The Bertz CT molecular complexity index is 653. The van der Waals surface area contributed by atoms with Gasteiger partial charge in [0.1, 0.15) is 0 Å². The molecule has 1 saturated carbocycles. The summed E-state index contributed by atoms with van der Waals surface area (Å²) in [4.78, 5) is 4.29. The average molecular weight is 368 g/mol. The number of nitrogens with two attached hydrogens (primary N) is 1. The van der Waals surface area contributed by atoms with E-state index in [1.165, 1.54) is 12.8 Å². The zero-order chi connectivity index (χ0) is 15.5. The van der Waals surface area contributed by atoms with Crippen molar-refractivity contribution in [3.05, 3.63) is 22.5 Å². The molecule has 6 nitrogen and oxygen atoms in total. The zero-order valence-corrected chi connectivity index (χ0v) is 13.9. The van der Waals surface area contributed by atoms with Gasteiger partial charge in [-0.2, -0.15) is 4.98 Å². The summed E-state index contributed by atoms with van der Waals surface area (Å²) in [7, 11) is 1.62. The van der Waals surface area contributed by atoms with Gasteiger partial charge in [-0.05, 0) is 37.8 Å². The van der Waals surface area contributed by atoms with Gasteiger partial charge < -0.3 is 19.7 Å². The number of benzene rings is 1. The van der Waals surface area contributed by atoms with E-state index in [4.69, 9.17) is 19.7 Å². The van der Waals surface area contributed by atoms with E-state index in [1.54, 1.807) is 7.11 Å². The Labute approximate surface area is 137 Å². The number of nitrogens with zero attached hydrogens (tertiary/aromatic N) is 2. The maximum atomic E-state index is 6.18.